The number of aryl methyl sites for hydroxylation is 1. The number of anilines is 1. The number of aromatic nitrogens is 4. The molecule has 0 atom stereocenters. The zero-order valence-corrected chi connectivity index (χ0v) is 12.0. The van der Waals surface area contributed by atoms with Crippen molar-refractivity contribution in [2.45, 2.75) is 6.92 Å². The summed E-state index contributed by atoms with van der Waals surface area (Å²) in [6, 6.07) is 6.57. The summed E-state index contributed by atoms with van der Waals surface area (Å²) in [5.41, 5.74) is 0.512. The van der Waals surface area contributed by atoms with Gasteiger partial charge in [-0.25, -0.2) is 9.97 Å². The quantitative estimate of drug-likeness (QED) is 0.751. The highest BCUT2D eigenvalue weighted by Gasteiger charge is 2.15. The molecule has 2 heterocycles. The number of rotatable bonds is 3. The first-order valence-electron chi connectivity index (χ1n) is 6.48. The van der Waals surface area contributed by atoms with Crippen molar-refractivity contribution < 1.29 is 9.53 Å². The third-order valence-corrected chi connectivity index (χ3v) is 3.20. The number of carbonyl (C=O) groups excluding carboxylic acids is 1. The lowest BCUT2D eigenvalue weighted by Gasteiger charge is -2.07. The van der Waals surface area contributed by atoms with Crippen LogP contribution < -0.4 is 15.6 Å². The standard InChI is InChI=1S/C14H13N5O3/c1-8-11(13(21)19-14(17-8)15-7-16-19)18-12(20)9-3-5-10(22-2)6-4-9/h3-7H,1-2H3,(H,18,20)(H,15,16,17). The van der Waals surface area contributed by atoms with E-state index in [0.29, 0.717) is 17.0 Å². The van der Waals surface area contributed by atoms with E-state index in [4.69, 9.17) is 4.74 Å². The summed E-state index contributed by atoms with van der Waals surface area (Å²) >= 11 is 0. The van der Waals surface area contributed by atoms with Crippen LogP contribution in [0.3, 0.4) is 0 Å². The van der Waals surface area contributed by atoms with Gasteiger partial charge in [0.15, 0.2) is 0 Å². The summed E-state index contributed by atoms with van der Waals surface area (Å²) in [6.45, 7) is 1.64. The molecule has 1 amide bonds. The second kappa shape index (κ2) is 5.32. The Hall–Kier alpha value is -3.16. The molecular formula is C14H13N5O3. The van der Waals surface area contributed by atoms with E-state index in [9.17, 15) is 9.59 Å². The van der Waals surface area contributed by atoms with E-state index >= 15 is 0 Å². The van der Waals surface area contributed by atoms with Crippen molar-refractivity contribution in [3.8, 4) is 5.75 Å². The molecule has 8 nitrogen and oxygen atoms in total. The summed E-state index contributed by atoms with van der Waals surface area (Å²) in [5.74, 6) is 0.502. The topological polar surface area (TPSA) is 101 Å². The maximum absolute atomic E-state index is 12.3. The molecule has 2 N–H and O–H groups in total. The van der Waals surface area contributed by atoms with Crippen LogP contribution in [0.15, 0.2) is 35.4 Å². The molecule has 0 fully saturated rings. The normalized spacial score (nSPS) is 10.6. The van der Waals surface area contributed by atoms with E-state index in [0.717, 1.165) is 4.52 Å². The Morgan fingerprint density at radius 3 is 2.73 bits per heavy atom. The molecule has 3 aromatic rings. The van der Waals surface area contributed by atoms with E-state index in [1.54, 1.807) is 38.3 Å². The predicted octanol–water partition coefficient (Wildman–Crippen LogP) is 0.987. The Morgan fingerprint density at radius 2 is 2.05 bits per heavy atom. The Balaban J connectivity index is 1.95. The monoisotopic (exact) mass is 299 g/mol. The van der Waals surface area contributed by atoms with Crippen LogP contribution in [0.4, 0.5) is 5.69 Å². The van der Waals surface area contributed by atoms with Gasteiger partial charge in [0.2, 0.25) is 0 Å². The van der Waals surface area contributed by atoms with Crippen molar-refractivity contribution >= 4 is 17.4 Å². The molecule has 2 aromatic heterocycles. The van der Waals surface area contributed by atoms with Crippen LogP contribution >= 0.6 is 0 Å². The molecule has 0 spiro atoms. The molecule has 0 aliphatic heterocycles. The minimum absolute atomic E-state index is 0.113. The van der Waals surface area contributed by atoms with Crippen molar-refractivity contribution in [1.29, 1.82) is 0 Å². The fourth-order valence-electron chi connectivity index (χ4n) is 2.03. The van der Waals surface area contributed by atoms with Crippen molar-refractivity contribution in [3.63, 3.8) is 0 Å². The first kappa shape index (κ1) is 13.8. The van der Waals surface area contributed by atoms with Crippen LogP contribution in [0.5, 0.6) is 5.75 Å². The Bertz CT molecular complexity index is 895. The predicted molar refractivity (Wildman–Crippen MR) is 79.3 cm³/mol. The van der Waals surface area contributed by atoms with Crippen LogP contribution in [0, 0.1) is 6.92 Å². The van der Waals surface area contributed by atoms with Crippen molar-refractivity contribution in [1.82, 2.24) is 19.6 Å². The van der Waals surface area contributed by atoms with Gasteiger partial charge in [-0.1, -0.05) is 0 Å². The maximum atomic E-state index is 12.3. The average molecular weight is 299 g/mol. The number of hydrogen-bond acceptors (Lipinski definition) is 5. The third kappa shape index (κ3) is 2.30. The SMILES string of the molecule is COc1ccc(C(=O)Nc2c(C)nc3nc[nH]n3c2=O)cc1. The van der Waals surface area contributed by atoms with Gasteiger partial charge >= 0.3 is 0 Å². The van der Waals surface area contributed by atoms with Gasteiger partial charge in [0, 0.05) is 5.56 Å². The smallest absolute Gasteiger partial charge is 0.298 e. The van der Waals surface area contributed by atoms with Gasteiger partial charge < -0.3 is 10.1 Å². The van der Waals surface area contributed by atoms with Crippen LogP contribution in [0.2, 0.25) is 0 Å². The van der Waals surface area contributed by atoms with E-state index in [1.807, 2.05) is 0 Å². The molecule has 0 radical (unpaired) electrons. The molecule has 0 aliphatic carbocycles. The fourth-order valence-corrected chi connectivity index (χ4v) is 2.03. The lowest BCUT2D eigenvalue weighted by atomic mass is 10.2. The summed E-state index contributed by atoms with van der Waals surface area (Å²) in [5, 5.41) is 5.24. The summed E-state index contributed by atoms with van der Waals surface area (Å²) in [6.07, 6.45) is 1.36. The summed E-state index contributed by atoms with van der Waals surface area (Å²) in [7, 11) is 1.55. The second-order valence-electron chi connectivity index (χ2n) is 4.58. The van der Waals surface area contributed by atoms with E-state index < -0.39 is 11.5 Å². The van der Waals surface area contributed by atoms with Gasteiger partial charge in [-0.2, -0.15) is 4.52 Å². The second-order valence-corrected chi connectivity index (χ2v) is 4.58. The van der Waals surface area contributed by atoms with Crippen molar-refractivity contribution in [2.24, 2.45) is 0 Å². The number of aromatic amines is 1. The van der Waals surface area contributed by atoms with Crippen LogP contribution in [0.25, 0.3) is 5.78 Å². The van der Waals surface area contributed by atoms with Gasteiger partial charge in [0.05, 0.1) is 12.8 Å². The fraction of sp³-hybridized carbons (Fsp3) is 0.143. The van der Waals surface area contributed by atoms with Crippen molar-refractivity contribution in [2.75, 3.05) is 12.4 Å². The first-order valence-corrected chi connectivity index (χ1v) is 6.48. The van der Waals surface area contributed by atoms with Gasteiger partial charge in [0.25, 0.3) is 17.2 Å². The summed E-state index contributed by atoms with van der Waals surface area (Å²) < 4.78 is 6.20. The number of fused-ring (bicyclic) bond motifs is 1. The molecule has 3 rings (SSSR count). The first-order chi connectivity index (χ1) is 10.6. The number of methoxy groups -OCH3 is 1. The minimum Gasteiger partial charge on any atom is -0.497 e. The molecule has 0 aliphatic rings. The summed E-state index contributed by atoms with van der Waals surface area (Å²) in [4.78, 5) is 32.6. The molecular weight excluding hydrogens is 286 g/mol. The number of amides is 1. The molecule has 0 unspecified atom stereocenters. The van der Waals surface area contributed by atoms with Crippen LogP contribution in [-0.4, -0.2) is 32.6 Å². The van der Waals surface area contributed by atoms with E-state index in [2.05, 4.69) is 20.4 Å². The minimum atomic E-state index is -0.415. The number of carbonyl (C=O) groups is 1. The number of ether oxygens (including phenoxy) is 1. The lowest BCUT2D eigenvalue weighted by Crippen LogP contribution is -2.25. The Labute approximate surface area is 124 Å². The number of H-pyrrole nitrogens is 1. The van der Waals surface area contributed by atoms with E-state index in [1.165, 1.54) is 6.33 Å². The maximum Gasteiger partial charge on any atom is 0.298 e. The van der Waals surface area contributed by atoms with E-state index in [-0.39, 0.29) is 11.5 Å². The highest BCUT2D eigenvalue weighted by molar-refractivity contribution is 6.04. The van der Waals surface area contributed by atoms with Crippen LogP contribution in [-0.2, 0) is 0 Å². The average Bonchev–Trinajstić information content (AvgIpc) is 2.99. The highest BCUT2D eigenvalue weighted by Crippen LogP contribution is 2.13. The van der Waals surface area contributed by atoms with Crippen LogP contribution in [0.1, 0.15) is 16.1 Å². The molecule has 112 valence electrons. The number of nitrogens with zero attached hydrogens (tertiary/aromatic N) is 3. The molecule has 0 saturated heterocycles. The number of hydrogen-bond donors (Lipinski definition) is 2. The molecule has 8 heteroatoms. The third-order valence-electron chi connectivity index (χ3n) is 3.20. The van der Waals surface area contributed by atoms with Gasteiger partial charge in [0.1, 0.15) is 17.8 Å². The lowest BCUT2D eigenvalue weighted by molar-refractivity contribution is 0.102. The number of benzene rings is 1. The number of nitrogens with one attached hydrogen (secondary N) is 2. The largest absolute Gasteiger partial charge is 0.497 e. The zero-order valence-electron chi connectivity index (χ0n) is 12.0. The zero-order chi connectivity index (χ0) is 15.7. The Kier molecular flexibility index (Phi) is 3.34. The van der Waals surface area contributed by atoms with Crippen molar-refractivity contribution in [3.05, 3.63) is 52.2 Å². The van der Waals surface area contributed by atoms with Gasteiger partial charge in [-0.15, -0.1) is 0 Å². The van der Waals surface area contributed by atoms with Gasteiger partial charge in [-0.3, -0.25) is 14.7 Å². The molecule has 0 bridgehead atoms. The highest BCUT2D eigenvalue weighted by atomic mass is 16.5. The molecule has 1 aromatic carbocycles. The van der Waals surface area contributed by atoms with Gasteiger partial charge in [-0.05, 0) is 31.2 Å². The Morgan fingerprint density at radius 1 is 1.32 bits per heavy atom. The molecule has 22 heavy (non-hydrogen) atoms. The molecule has 0 saturated carbocycles.